The maximum Gasteiger partial charge on any atom is 0.231 e. The van der Waals surface area contributed by atoms with E-state index >= 15 is 0 Å². The largest absolute Gasteiger partial charge is 0.356 e. The summed E-state index contributed by atoms with van der Waals surface area (Å²) in [7, 11) is 0. The Morgan fingerprint density at radius 2 is 2.13 bits per heavy atom. The highest BCUT2D eigenvalue weighted by atomic mass is 32.1. The molecule has 3 aromatic heterocycles. The second kappa shape index (κ2) is 7.83. The number of fused-ring (bicyclic) bond motifs is 1. The van der Waals surface area contributed by atoms with Gasteiger partial charge in [-0.05, 0) is 37.5 Å². The van der Waals surface area contributed by atoms with Gasteiger partial charge >= 0.3 is 0 Å². The molecule has 4 heterocycles. The second-order valence-corrected chi connectivity index (χ2v) is 8.43. The average molecular weight is 420 g/mol. The molecule has 1 amide bonds. The summed E-state index contributed by atoms with van der Waals surface area (Å²) in [6.07, 6.45) is 6.88. The van der Waals surface area contributed by atoms with Crippen molar-refractivity contribution in [2.75, 3.05) is 23.3 Å². The maximum atomic E-state index is 12.9. The fourth-order valence-corrected chi connectivity index (χ4v) is 4.73. The first-order valence-electron chi connectivity index (χ1n) is 9.91. The van der Waals surface area contributed by atoms with Crippen LogP contribution in [-0.4, -0.2) is 43.7 Å². The third-order valence-electron chi connectivity index (χ3n) is 5.34. The quantitative estimate of drug-likeness (QED) is 0.545. The smallest absolute Gasteiger partial charge is 0.231 e. The minimum absolute atomic E-state index is 0.0118. The second-order valence-electron chi connectivity index (χ2n) is 7.40. The van der Waals surface area contributed by atoms with E-state index in [1.807, 2.05) is 43.5 Å². The molecule has 1 saturated heterocycles. The van der Waals surface area contributed by atoms with E-state index in [1.165, 1.54) is 11.3 Å². The standard InChI is InChI=1S/C21H21N7OS/c1-14-5-2-7-16-19(14)25-21(30-16)26-20(29)15-6-3-9-27(12-15)17-11-18(23-13-22-17)28-10-4-8-24-28/h2,4-5,7-8,10-11,13,15H,3,6,9,12H2,1H3,(H,25,26,29). The summed E-state index contributed by atoms with van der Waals surface area (Å²) >= 11 is 1.51. The van der Waals surface area contributed by atoms with Crippen molar-refractivity contribution in [2.24, 2.45) is 5.92 Å². The van der Waals surface area contributed by atoms with Crippen molar-refractivity contribution >= 4 is 38.4 Å². The average Bonchev–Trinajstić information content (AvgIpc) is 3.45. The Labute approximate surface area is 177 Å². The highest BCUT2D eigenvalue weighted by molar-refractivity contribution is 7.22. The molecule has 0 radical (unpaired) electrons. The van der Waals surface area contributed by atoms with Gasteiger partial charge in [-0.25, -0.2) is 19.6 Å². The highest BCUT2D eigenvalue weighted by Gasteiger charge is 2.27. The predicted octanol–water partition coefficient (Wildman–Crippen LogP) is 3.44. The topological polar surface area (TPSA) is 88.8 Å². The van der Waals surface area contributed by atoms with Crippen LogP contribution in [0.3, 0.4) is 0 Å². The van der Waals surface area contributed by atoms with Crippen molar-refractivity contribution in [2.45, 2.75) is 19.8 Å². The predicted molar refractivity (Wildman–Crippen MR) is 117 cm³/mol. The van der Waals surface area contributed by atoms with Crippen molar-refractivity contribution in [1.29, 1.82) is 0 Å². The first kappa shape index (κ1) is 18.7. The van der Waals surface area contributed by atoms with Gasteiger partial charge in [-0.3, -0.25) is 4.79 Å². The van der Waals surface area contributed by atoms with E-state index in [4.69, 9.17) is 0 Å². The Balaban J connectivity index is 1.30. The maximum absolute atomic E-state index is 12.9. The van der Waals surface area contributed by atoms with Crippen LogP contribution < -0.4 is 10.2 Å². The van der Waals surface area contributed by atoms with Gasteiger partial charge in [0, 0.05) is 31.5 Å². The van der Waals surface area contributed by atoms with E-state index in [9.17, 15) is 4.79 Å². The van der Waals surface area contributed by atoms with Gasteiger partial charge in [0.05, 0.1) is 16.1 Å². The molecule has 1 aromatic carbocycles. The number of para-hydroxylation sites is 1. The van der Waals surface area contributed by atoms with Crippen molar-refractivity contribution < 1.29 is 4.79 Å². The summed E-state index contributed by atoms with van der Waals surface area (Å²) in [5.41, 5.74) is 2.07. The molecule has 1 aliphatic heterocycles. The lowest BCUT2D eigenvalue weighted by molar-refractivity contribution is -0.120. The lowest BCUT2D eigenvalue weighted by atomic mass is 9.97. The number of amides is 1. The van der Waals surface area contributed by atoms with Crippen LogP contribution >= 0.6 is 11.3 Å². The Morgan fingerprint density at radius 3 is 2.97 bits per heavy atom. The normalized spacial score (nSPS) is 16.7. The van der Waals surface area contributed by atoms with Crippen LogP contribution in [0.5, 0.6) is 0 Å². The molecule has 5 rings (SSSR count). The first-order chi connectivity index (χ1) is 14.7. The molecule has 1 atom stereocenters. The van der Waals surface area contributed by atoms with E-state index in [0.717, 1.165) is 41.0 Å². The van der Waals surface area contributed by atoms with Gasteiger partial charge in [0.1, 0.15) is 12.1 Å². The summed E-state index contributed by atoms with van der Waals surface area (Å²) < 4.78 is 2.79. The van der Waals surface area contributed by atoms with E-state index < -0.39 is 0 Å². The zero-order chi connectivity index (χ0) is 20.5. The minimum atomic E-state index is -0.116. The number of anilines is 2. The van der Waals surface area contributed by atoms with Crippen LogP contribution in [0.25, 0.3) is 16.0 Å². The molecule has 8 nitrogen and oxygen atoms in total. The van der Waals surface area contributed by atoms with Crippen LogP contribution in [0.15, 0.2) is 49.1 Å². The number of rotatable bonds is 4. The first-order valence-corrected chi connectivity index (χ1v) is 10.7. The van der Waals surface area contributed by atoms with Crippen LogP contribution in [-0.2, 0) is 4.79 Å². The van der Waals surface area contributed by atoms with Gasteiger partial charge in [-0.15, -0.1) is 0 Å². The van der Waals surface area contributed by atoms with Gasteiger partial charge in [0.25, 0.3) is 0 Å². The number of thiazole rings is 1. The van der Waals surface area contributed by atoms with Crippen LogP contribution in [0.2, 0.25) is 0 Å². The molecule has 1 aliphatic rings. The monoisotopic (exact) mass is 419 g/mol. The molecule has 152 valence electrons. The molecule has 1 N–H and O–H groups in total. The number of aromatic nitrogens is 5. The number of piperidine rings is 1. The molecule has 0 bridgehead atoms. The molecule has 1 unspecified atom stereocenters. The number of nitrogens with one attached hydrogen (secondary N) is 1. The van der Waals surface area contributed by atoms with E-state index in [2.05, 4.69) is 30.3 Å². The van der Waals surface area contributed by atoms with Crippen molar-refractivity contribution in [3.8, 4) is 5.82 Å². The van der Waals surface area contributed by atoms with Gasteiger partial charge in [0.2, 0.25) is 5.91 Å². The number of carbonyl (C=O) groups is 1. The van der Waals surface area contributed by atoms with Gasteiger partial charge in [-0.1, -0.05) is 23.5 Å². The fourth-order valence-electron chi connectivity index (χ4n) is 3.79. The van der Waals surface area contributed by atoms with Crippen molar-refractivity contribution in [3.63, 3.8) is 0 Å². The lowest BCUT2D eigenvalue weighted by Crippen LogP contribution is -2.41. The molecule has 1 fully saturated rings. The fraction of sp³-hybridized carbons (Fsp3) is 0.286. The number of hydrogen-bond donors (Lipinski definition) is 1. The molecular formula is C21H21N7OS. The third kappa shape index (κ3) is 3.63. The Kier molecular flexibility index (Phi) is 4.88. The summed E-state index contributed by atoms with van der Waals surface area (Å²) in [5, 5.41) is 7.91. The van der Waals surface area contributed by atoms with Gasteiger partial charge in [0.15, 0.2) is 10.9 Å². The molecule has 30 heavy (non-hydrogen) atoms. The van der Waals surface area contributed by atoms with Gasteiger partial charge in [-0.2, -0.15) is 5.10 Å². The number of carbonyl (C=O) groups excluding carboxylic acids is 1. The summed E-state index contributed by atoms with van der Waals surface area (Å²) in [4.78, 5) is 28.4. The van der Waals surface area contributed by atoms with Crippen LogP contribution in [0, 0.1) is 12.8 Å². The van der Waals surface area contributed by atoms with E-state index in [1.54, 1.807) is 17.2 Å². The summed E-state index contributed by atoms with van der Waals surface area (Å²) in [6, 6.07) is 9.84. The number of hydrogen-bond acceptors (Lipinski definition) is 7. The molecule has 0 saturated carbocycles. The molecule has 4 aromatic rings. The van der Waals surface area contributed by atoms with Gasteiger partial charge < -0.3 is 10.2 Å². The zero-order valence-corrected chi connectivity index (χ0v) is 17.3. The molecular weight excluding hydrogens is 398 g/mol. The van der Waals surface area contributed by atoms with Crippen LogP contribution in [0.1, 0.15) is 18.4 Å². The lowest BCUT2D eigenvalue weighted by Gasteiger charge is -2.32. The van der Waals surface area contributed by atoms with Crippen LogP contribution in [0.4, 0.5) is 10.9 Å². The number of nitrogens with zero attached hydrogens (tertiary/aromatic N) is 6. The summed E-state index contributed by atoms with van der Waals surface area (Å²) in [6.45, 7) is 3.51. The van der Waals surface area contributed by atoms with E-state index in [-0.39, 0.29) is 11.8 Å². The number of aryl methyl sites for hydroxylation is 1. The number of benzene rings is 1. The minimum Gasteiger partial charge on any atom is -0.356 e. The molecule has 9 heteroatoms. The Morgan fingerprint density at radius 1 is 1.23 bits per heavy atom. The van der Waals surface area contributed by atoms with E-state index in [0.29, 0.717) is 17.5 Å². The van der Waals surface area contributed by atoms with Crippen molar-refractivity contribution in [1.82, 2.24) is 24.7 Å². The molecule has 0 spiro atoms. The third-order valence-corrected chi connectivity index (χ3v) is 6.28. The Hall–Kier alpha value is -3.33. The highest BCUT2D eigenvalue weighted by Crippen LogP contribution is 2.29. The molecule has 0 aliphatic carbocycles. The SMILES string of the molecule is Cc1cccc2sc(NC(=O)C3CCCN(c4cc(-n5cccn5)ncn4)C3)nc12. The van der Waals surface area contributed by atoms with Crippen molar-refractivity contribution in [3.05, 3.63) is 54.6 Å². The Bertz CT molecular complexity index is 1190. The summed E-state index contributed by atoms with van der Waals surface area (Å²) in [5.74, 6) is 1.41. The zero-order valence-electron chi connectivity index (χ0n) is 16.5.